The quantitative estimate of drug-likeness (QED) is 0.678. The molecule has 1 aromatic carbocycles. The second kappa shape index (κ2) is 5.76. The minimum absolute atomic E-state index is 0.0221. The van der Waals surface area contributed by atoms with Crippen LogP contribution in [-0.2, 0) is 20.6 Å². The van der Waals surface area contributed by atoms with Gasteiger partial charge in [0, 0.05) is 31.4 Å². The van der Waals surface area contributed by atoms with E-state index in [0.29, 0.717) is 11.3 Å². The van der Waals surface area contributed by atoms with E-state index in [2.05, 4.69) is 5.10 Å². The van der Waals surface area contributed by atoms with Gasteiger partial charge in [0.1, 0.15) is 5.82 Å². The molecule has 0 amide bonds. The molecule has 0 bridgehead atoms. The fourth-order valence-electron chi connectivity index (χ4n) is 2.20. The molecule has 0 N–H and O–H groups in total. The second-order valence-electron chi connectivity index (χ2n) is 5.21. The van der Waals surface area contributed by atoms with Gasteiger partial charge in [-0.3, -0.25) is 13.9 Å². The Labute approximate surface area is 134 Å². The number of rotatable bonds is 3. The highest BCUT2D eigenvalue weighted by molar-refractivity contribution is 5.51. The van der Waals surface area contributed by atoms with Crippen LogP contribution in [-0.4, -0.2) is 18.9 Å². The number of nitrogens with zero attached hydrogens (tertiary/aromatic N) is 4. The summed E-state index contributed by atoms with van der Waals surface area (Å²) in [6.07, 6.45) is 0. The van der Waals surface area contributed by atoms with E-state index in [-0.39, 0.29) is 12.4 Å². The summed E-state index contributed by atoms with van der Waals surface area (Å²) in [6, 6.07) is 6.55. The summed E-state index contributed by atoms with van der Waals surface area (Å²) in [5, 5.41) is 4.02. The molecule has 0 aliphatic heterocycles. The smallest absolute Gasteiger partial charge is 0.388 e. The third kappa shape index (κ3) is 2.71. The molecule has 0 saturated carbocycles. The van der Waals surface area contributed by atoms with Crippen molar-refractivity contribution >= 4 is 0 Å². The summed E-state index contributed by atoms with van der Waals surface area (Å²) in [7, 11) is 2.85. The molecule has 124 valence electrons. The monoisotopic (exact) mass is 332 g/mol. The summed E-state index contributed by atoms with van der Waals surface area (Å²) in [6.45, 7) is -0.106. The van der Waals surface area contributed by atoms with Crippen molar-refractivity contribution in [2.24, 2.45) is 14.1 Å². The van der Waals surface area contributed by atoms with Crippen molar-refractivity contribution in [3.8, 4) is 11.5 Å². The van der Waals surface area contributed by atoms with E-state index in [9.17, 15) is 18.8 Å². The van der Waals surface area contributed by atoms with E-state index in [1.807, 2.05) is 0 Å². The van der Waals surface area contributed by atoms with E-state index < -0.39 is 22.8 Å². The number of hydrogen-bond donors (Lipinski definition) is 0. The zero-order valence-electron chi connectivity index (χ0n) is 12.9. The molecule has 3 aromatic rings. The van der Waals surface area contributed by atoms with Crippen LogP contribution in [0.1, 0.15) is 5.69 Å². The Morgan fingerprint density at radius 1 is 1.08 bits per heavy atom. The number of hydrogen-bond acceptors (Lipinski definition) is 5. The first-order valence-electron chi connectivity index (χ1n) is 6.96. The Balaban J connectivity index is 2.01. The third-order valence-corrected chi connectivity index (χ3v) is 3.63. The SMILES string of the molecule is Cn1c(Cn2nc(-c3ccc(F)cc3)oc2=O)cc(=O)n(C)c1=O. The maximum atomic E-state index is 12.9. The van der Waals surface area contributed by atoms with E-state index in [4.69, 9.17) is 4.42 Å². The van der Waals surface area contributed by atoms with Gasteiger partial charge in [0.2, 0.25) is 5.89 Å². The maximum absolute atomic E-state index is 12.9. The molecule has 2 heterocycles. The molecule has 24 heavy (non-hydrogen) atoms. The molecule has 0 atom stereocenters. The average Bonchev–Trinajstić information content (AvgIpc) is 2.92. The van der Waals surface area contributed by atoms with Crippen molar-refractivity contribution in [1.29, 1.82) is 0 Å². The minimum atomic E-state index is -0.748. The normalized spacial score (nSPS) is 11.0. The van der Waals surface area contributed by atoms with Gasteiger partial charge in [0.15, 0.2) is 0 Å². The van der Waals surface area contributed by atoms with Crippen LogP contribution in [0.2, 0.25) is 0 Å². The van der Waals surface area contributed by atoms with Gasteiger partial charge in [0.05, 0.1) is 6.54 Å². The lowest BCUT2D eigenvalue weighted by atomic mass is 10.2. The molecule has 0 spiro atoms. The van der Waals surface area contributed by atoms with Crippen molar-refractivity contribution in [3.05, 3.63) is 73.2 Å². The maximum Gasteiger partial charge on any atom is 0.437 e. The Bertz CT molecular complexity index is 1070. The van der Waals surface area contributed by atoms with Crippen LogP contribution in [0.4, 0.5) is 4.39 Å². The zero-order chi connectivity index (χ0) is 17.4. The van der Waals surface area contributed by atoms with Crippen LogP contribution in [0.25, 0.3) is 11.5 Å². The van der Waals surface area contributed by atoms with Gasteiger partial charge in [0.25, 0.3) is 5.56 Å². The van der Waals surface area contributed by atoms with Gasteiger partial charge < -0.3 is 4.42 Å². The molecular weight excluding hydrogens is 319 g/mol. The topological polar surface area (TPSA) is 92.0 Å². The summed E-state index contributed by atoms with van der Waals surface area (Å²) < 4.78 is 21.2. The van der Waals surface area contributed by atoms with E-state index >= 15 is 0 Å². The first kappa shape index (κ1) is 15.7. The van der Waals surface area contributed by atoms with Crippen LogP contribution >= 0.6 is 0 Å². The zero-order valence-corrected chi connectivity index (χ0v) is 12.9. The lowest BCUT2D eigenvalue weighted by Gasteiger charge is -2.08. The molecule has 0 aliphatic carbocycles. The molecule has 8 nitrogen and oxygen atoms in total. The molecule has 2 aromatic heterocycles. The van der Waals surface area contributed by atoms with Gasteiger partial charge >= 0.3 is 11.4 Å². The molecule has 9 heteroatoms. The molecule has 0 saturated heterocycles. The summed E-state index contributed by atoms with van der Waals surface area (Å²) in [4.78, 5) is 35.6. The van der Waals surface area contributed by atoms with Crippen LogP contribution in [0.5, 0.6) is 0 Å². The molecule has 0 aliphatic rings. The molecule has 0 radical (unpaired) electrons. The van der Waals surface area contributed by atoms with E-state index in [1.54, 1.807) is 0 Å². The Hall–Kier alpha value is -3.23. The van der Waals surface area contributed by atoms with Gasteiger partial charge in [-0.1, -0.05) is 0 Å². The van der Waals surface area contributed by atoms with Crippen molar-refractivity contribution < 1.29 is 8.81 Å². The van der Waals surface area contributed by atoms with Crippen LogP contribution in [0, 0.1) is 5.82 Å². The molecule has 0 fully saturated rings. The predicted molar refractivity (Wildman–Crippen MR) is 82.2 cm³/mol. The van der Waals surface area contributed by atoms with E-state index in [0.717, 1.165) is 9.25 Å². The highest BCUT2D eigenvalue weighted by atomic mass is 19.1. The molecule has 0 unspecified atom stereocenters. The summed E-state index contributed by atoms with van der Waals surface area (Å²) >= 11 is 0. The van der Waals surface area contributed by atoms with Crippen molar-refractivity contribution in [1.82, 2.24) is 18.9 Å². The Kier molecular flexibility index (Phi) is 3.76. The minimum Gasteiger partial charge on any atom is -0.388 e. The van der Waals surface area contributed by atoms with Crippen LogP contribution < -0.4 is 17.0 Å². The second-order valence-corrected chi connectivity index (χ2v) is 5.21. The van der Waals surface area contributed by atoms with Crippen molar-refractivity contribution in [2.45, 2.75) is 6.54 Å². The third-order valence-electron chi connectivity index (χ3n) is 3.63. The fraction of sp³-hybridized carbons (Fsp3) is 0.200. The number of halogens is 1. The number of benzene rings is 1. The lowest BCUT2D eigenvalue weighted by molar-refractivity contribution is 0.487. The van der Waals surface area contributed by atoms with Crippen LogP contribution in [0.3, 0.4) is 0 Å². The van der Waals surface area contributed by atoms with E-state index in [1.165, 1.54) is 49.0 Å². The summed E-state index contributed by atoms with van der Waals surface area (Å²) in [5.74, 6) is -1.15. The average molecular weight is 332 g/mol. The first-order chi connectivity index (χ1) is 11.4. The van der Waals surface area contributed by atoms with Crippen molar-refractivity contribution in [3.63, 3.8) is 0 Å². The molecule has 3 rings (SSSR count). The summed E-state index contributed by atoms with van der Waals surface area (Å²) in [5.41, 5.74) is -0.245. The molecular formula is C15H13FN4O4. The van der Waals surface area contributed by atoms with Crippen molar-refractivity contribution in [2.75, 3.05) is 0 Å². The lowest BCUT2D eigenvalue weighted by Crippen LogP contribution is -2.38. The Morgan fingerprint density at radius 3 is 2.42 bits per heavy atom. The fourth-order valence-corrected chi connectivity index (χ4v) is 2.20. The highest BCUT2D eigenvalue weighted by Crippen LogP contribution is 2.15. The van der Waals surface area contributed by atoms with Crippen LogP contribution in [0.15, 0.2) is 49.1 Å². The highest BCUT2D eigenvalue weighted by Gasteiger charge is 2.13. The largest absolute Gasteiger partial charge is 0.437 e. The van der Waals surface area contributed by atoms with Gasteiger partial charge in [-0.2, -0.15) is 4.68 Å². The van der Waals surface area contributed by atoms with Gasteiger partial charge in [-0.25, -0.2) is 14.0 Å². The first-order valence-corrected chi connectivity index (χ1v) is 6.96. The standard InChI is InChI=1S/C15H13FN4O4/c1-18-11(7-12(21)19(2)14(18)22)8-20-15(23)24-13(17-20)9-3-5-10(16)6-4-9/h3-7H,8H2,1-2H3. The number of aromatic nitrogens is 4. The predicted octanol–water partition coefficient (Wildman–Crippen LogP) is 0.0881. The van der Waals surface area contributed by atoms with Gasteiger partial charge in [-0.05, 0) is 24.3 Å². The Morgan fingerprint density at radius 2 is 1.75 bits per heavy atom. The van der Waals surface area contributed by atoms with Gasteiger partial charge in [-0.15, -0.1) is 5.10 Å².